The van der Waals surface area contributed by atoms with Crippen molar-refractivity contribution in [3.05, 3.63) is 33.9 Å². The van der Waals surface area contributed by atoms with Gasteiger partial charge < -0.3 is 5.43 Å². The van der Waals surface area contributed by atoms with Crippen LogP contribution >= 0.6 is 0 Å². The number of anilines is 1. The van der Waals surface area contributed by atoms with Crippen LogP contribution in [-0.4, -0.2) is 22.9 Å². The molecular weight excluding hydrogens is 244 g/mol. The van der Waals surface area contributed by atoms with Crippen molar-refractivity contribution in [3.8, 4) is 0 Å². The van der Waals surface area contributed by atoms with Crippen LogP contribution in [0.4, 0.5) is 11.4 Å². The molecule has 1 aromatic carbocycles. The molecule has 6 heteroatoms. The summed E-state index contributed by atoms with van der Waals surface area (Å²) in [5.74, 6) is 5.27. The maximum Gasteiger partial charge on any atom is 0.293 e. The van der Waals surface area contributed by atoms with Crippen LogP contribution in [0.15, 0.2) is 18.2 Å². The van der Waals surface area contributed by atoms with Crippen molar-refractivity contribution < 1.29 is 4.92 Å². The molecule has 3 N–H and O–H groups in total. The minimum absolute atomic E-state index is 0.0212. The maximum absolute atomic E-state index is 11.0. The molecule has 0 aliphatic rings. The number of nitrogen functional groups attached to an aromatic ring is 1. The Kier molecular flexibility index (Phi) is 6.24. The number of hydrogen-bond donors (Lipinski definition) is 2. The zero-order chi connectivity index (χ0) is 14.3. The van der Waals surface area contributed by atoms with E-state index in [0.717, 1.165) is 38.0 Å². The van der Waals surface area contributed by atoms with E-state index in [1.807, 2.05) is 6.07 Å². The molecule has 19 heavy (non-hydrogen) atoms. The second-order valence-corrected chi connectivity index (χ2v) is 4.53. The molecule has 0 saturated carbocycles. The molecule has 1 rings (SSSR count). The van der Waals surface area contributed by atoms with Crippen molar-refractivity contribution in [2.45, 2.75) is 33.2 Å². The molecule has 0 spiro atoms. The Balaban J connectivity index is 2.88. The molecular formula is C13H22N4O2. The number of nitrogens with two attached hydrogens (primary N) is 1. The summed E-state index contributed by atoms with van der Waals surface area (Å²) in [5.41, 5.74) is 3.65. The Morgan fingerprint density at radius 2 is 1.95 bits per heavy atom. The summed E-state index contributed by atoms with van der Waals surface area (Å²) in [6, 6.07) is 5.12. The molecule has 0 aliphatic heterocycles. The van der Waals surface area contributed by atoms with E-state index >= 15 is 0 Å². The van der Waals surface area contributed by atoms with E-state index in [1.165, 1.54) is 0 Å². The summed E-state index contributed by atoms with van der Waals surface area (Å²) in [6.07, 6.45) is 2.15. The highest BCUT2D eigenvalue weighted by Crippen LogP contribution is 2.25. The largest absolute Gasteiger partial charge is 0.318 e. The van der Waals surface area contributed by atoms with Crippen molar-refractivity contribution in [3.63, 3.8) is 0 Å². The summed E-state index contributed by atoms with van der Waals surface area (Å²) in [7, 11) is 0. The normalized spacial score (nSPS) is 10.7. The monoisotopic (exact) mass is 266 g/mol. The molecule has 0 saturated heterocycles. The highest BCUT2D eigenvalue weighted by molar-refractivity contribution is 5.61. The Morgan fingerprint density at radius 3 is 2.42 bits per heavy atom. The molecule has 6 nitrogen and oxygen atoms in total. The number of nitro benzene ring substituents is 1. The van der Waals surface area contributed by atoms with Gasteiger partial charge in [0.25, 0.3) is 5.69 Å². The van der Waals surface area contributed by atoms with E-state index < -0.39 is 4.92 Å². The van der Waals surface area contributed by atoms with Gasteiger partial charge in [0.15, 0.2) is 0 Å². The van der Waals surface area contributed by atoms with Crippen LogP contribution in [0.25, 0.3) is 0 Å². The van der Waals surface area contributed by atoms with E-state index in [-0.39, 0.29) is 5.69 Å². The molecule has 1 aromatic rings. The molecule has 0 amide bonds. The topological polar surface area (TPSA) is 84.4 Å². The van der Waals surface area contributed by atoms with Gasteiger partial charge in [0.05, 0.1) is 4.92 Å². The maximum atomic E-state index is 11.0. The van der Waals surface area contributed by atoms with Crippen LogP contribution in [0.5, 0.6) is 0 Å². The third-order valence-electron chi connectivity index (χ3n) is 2.90. The Labute approximate surface area is 113 Å². The Morgan fingerprint density at radius 1 is 1.32 bits per heavy atom. The minimum Gasteiger partial charge on any atom is -0.318 e. The fraction of sp³-hybridized carbons (Fsp3) is 0.538. The summed E-state index contributed by atoms with van der Waals surface area (Å²) in [5, 5.41) is 11.0. The molecule has 0 unspecified atom stereocenters. The summed E-state index contributed by atoms with van der Waals surface area (Å²) in [6.45, 7) is 6.99. The van der Waals surface area contributed by atoms with Gasteiger partial charge in [-0.3, -0.25) is 20.9 Å². The smallest absolute Gasteiger partial charge is 0.293 e. The third-order valence-corrected chi connectivity index (χ3v) is 2.90. The third kappa shape index (κ3) is 4.50. The van der Waals surface area contributed by atoms with E-state index in [4.69, 9.17) is 5.84 Å². The first kappa shape index (κ1) is 15.4. The molecule has 106 valence electrons. The second kappa shape index (κ2) is 7.70. The Bertz CT molecular complexity index is 417. The van der Waals surface area contributed by atoms with Crippen molar-refractivity contribution >= 4 is 11.4 Å². The average molecular weight is 266 g/mol. The van der Waals surface area contributed by atoms with E-state index in [2.05, 4.69) is 24.2 Å². The SMILES string of the molecule is CCCN(CCC)Cc1ccc(NN)c([N+](=O)[O-])c1. The van der Waals surface area contributed by atoms with Gasteiger partial charge in [-0.25, -0.2) is 0 Å². The number of nitrogens with zero attached hydrogens (tertiary/aromatic N) is 2. The fourth-order valence-electron chi connectivity index (χ4n) is 2.11. The van der Waals surface area contributed by atoms with Crippen LogP contribution in [0.1, 0.15) is 32.3 Å². The molecule has 0 heterocycles. The van der Waals surface area contributed by atoms with Gasteiger partial charge in [0.1, 0.15) is 5.69 Å². The first-order valence-corrected chi connectivity index (χ1v) is 6.58. The summed E-state index contributed by atoms with van der Waals surface area (Å²) in [4.78, 5) is 12.9. The van der Waals surface area contributed by atoms with Gasteiger partial charge in [-0.05, 0) is 37.6 Å². The number of benzene rings is 1. The number of nitro groups is 1. The highest BCUT2D eigenvalue weighted by Gasteiger charge is 2.14. The quantitative estimate of drug-likeness (QED) is 0.429. The number of hydrogen-bond acceptors (Lipinski definition) is 5. The second-order valence-electron chi connectivity index (χ2n) is 4.53. The lowest BCUT2D eigenvalue weighted by atomic mass is 10.1. The standard InChI is InChI=1S/C13H22N4O2/c1-3-7-16(8-4-2)10-11-5-6-12(15-14)13(9-11)17(18)19/h5-6,9,15H,3-4,7-8,10,14H2,1-2H3. The first-order chi connectivity index (χ1) is 9.12. The van der Waals surface area contributed by atoms with Gasteiger partial charge in [0.2, 0.25) is 0 Å². The molecule has 0 aromatic heterocycles. The van der Waals surface area contributed by atoms with Gasteiger partial charge in [0, 0.05) is 12.6 Å². The van der Waals surface area contributed by atoms with Crippen molar-refractivity contribution in [1.82, 2.24) is 4.90 Å². The van der Waals surface area contributed by atoms with Gasteiger partial charge in [-0.2, -0.15) is 0 Å². The lowest BCUT2D eigenvalue weighted by Crippen LogP contribution is -2.25. The lowest BCUT2D eigenvalue weighted by Gasteiger charge is -2.21. The fourth-order valence-corrected chi connectivity index (χ4v) is 2.11. The Hall–Kier alpha value is -1.66. The van der Waals surface area contributed by atoms with Gasteiger partial charge >= 0.3 is 0 Å². The molecule has 0 aliphatic carbocycles. The zero-order valence-electron chi connectivity index (χ0n) is 11.6. The van der Waals surface area contributed by atoms with Crippen molar-refractivity contribution in [2.75, 3.05) is 18.5 Å². The van der Waals surface area contributed by atoms with Crippen molar-refractivity contribution in [2.24, 2.45) is 5.84 Å². The van der Waals surface area contributed by atoms with Crippen LogP contribution < -0.4 is 11.3 Å². The van der Waals surface area contributed by atoms with E-state index in [1.54, 1.807) is 12.1 Å². The molecule has 0 radical (unpaired) electrons. The number of nitrogens with one attached hydrogen (secondary N) is 1. The molecule has 0 fully saturated rings. The van der Waals surface area contributed by atoms with Crippen molar-refractivity contribution in [1.29, 1.82) is 0 Å². The lowest BCUT2D eigenvalue weighted by molar-refractivity contribution is -0.384. The number of hydrazine groups is 1. The van der Waals surface area contributed by atoms with Crippen LogP contribution in [0.3, 0.4) is 0 Å². The predicted molar refractivity (Wildman–Crippen MR) is 76.8 cm³/mol. The molecule has 0 bridgehead atoms. The predicted octanol–water partition coefficient (Wildman–Crippen LogP) is 2.50. The zero-order valence-corrected chi connectivity index (χ0v) is 11.6. The highest BCUT2D eigenvalue weighted by atomic mass is 16.6. The van der Waals surface area contributed by atoms with E-state index in [9.17, 15) is 10.1 Å². The van der Waals surface area contributed by atoms with Crippen LogP contribution in [-0.2, 0) is 6.54 Å². The van der Waals surface area contributed by atoms with Gasteiger partial charge in [-0.1, -0.05) is 19.9 Å². The minimum atomic E-state index is -0.414. The average Bonchev–Trinajstić information content (AvgIpc) is 2.39. The first-order valence-electron chi connectivity index (χ1n) is 6.58. The van der Waals surface area contributed by atoms with Gasteiger partial charge in [-0.15, -0.1) is 0 Å². The van der Waals surface area contributed by atoms with E-state index in [0.29, 0.717) is 5.69 Å². The van der Waals surface area contributed by atoms with Crippen LogP contribution in [0.2, 0.25) is 0 Å². The summed E-state index contributed by atoms with van der Waals surface area (Å²) < 4.78 is 0. The molecule has 0 atom stereocenters. The number of rotatable bonds is 8. The summed E-state index contributed by atoms with van der Waals surface area (Å²) >= 11 is 0. The van der Waals surface area contributed by atoms with Crippen LogP contribution in [0, 0.1) is 10.1 Å².